The lowest BCUT2D eigenvalue weighted by molar-refractivity contribution is -0.115. The Balaban J connectivity index is 1.97. The summed E-state index contributed by atoms with van der Waals surface area (Å²) in [7, 11) is 0. The van der Waals surface area contributed by atoms with Crippen LogP contribution < -0.4 is 15.8 Å². The first-order chi connectivity index (χ1) is 9.13. The van der Waals surface area contributed by atoms with Gasteiger partial charge in [0.15, 0.2) is 0 Å². The second-order valence-corrected chi connectivity index (χ2v) is 4.71. The van der Waals surface area contributed by atoms with E-state index in [1.165, 1.54) is 0 Å². The van der Waals surface area contributed by atoms with Gasteiger partial charge >= 0.3 is 0 Å². The third-order valence-electron chi connectivity index (χ3n) is 2.92. The van der Waals surface area contributed by atoms with E-state index in [0.717, 1.165) is 11.3 Å². The van der Waals surface area contributed by atoms with Gasteiger partial charge in [0.2, 0.25) is 5.91 Å². The van der Waals surface area contributed by atoms with Crippen molar-refractivity contribution in [3.8, 4) is 11.5 Å². The molecule has 0 bridgehead atoms. The maximum Gasteiger partial charge on any atom is 0.229 e. The molecule has 2 aromatic rings. The Morgan fingerprint density at radius 1 is 1.21 bits per heavy atom. The summed E-state index contributed by atoms with van der Waals surface area (Å²) in [5.74, 6) is 1.11. The van der Waals surface area contributed by atoms with E-state index in [-0.39, 0.29) is 5.91 Å². The maximum atomic E-state index is 11.4. The second-order valence-electron chi connectivity index (χ2n) is 4.30. The third-order valence-corrected chi connectivity index (χ3v) is 3.22. The van der Waals surface area contributed by atoms with Crippen LogP contribution in [0.4, 0.5) is 11.4 Å². The summed E-state index contributed by atoms with van der Waals surface area (Å²) >= 11 is 6.07. The van der Waals surface area contributed by atoms with Crippen LogP contribution in [0, 0.1) is 0 Å². The molecule has 4 nitrogen and oxygen atoms in total. The smallest absolute Gasteiger partial charge is 0.229 e. The van der Waals surface area contributed by atoms with Crippen LogP contribution in [-0.2, 0) is 11.2 Å². The fourth-order valence-corrected chi connectivity index (χ4v) is 2.26. The number of nitrogen functional groups attached to an aromatic ring is 1. The van der Waals surface area contributed by atoms with Crippen LogP contribution in [0.3, 0.4) is 0 Å². The molecule has 1 aliphatic rings. The zero-order valence-electron chi connectivity index (χ0n) is 9.94. The first-order valence-electron chi connectivity index (χ1n) is 5.78. The number of ether oxygens (including phenoxy) is 1. The number of hydrogen-bond donors (Lipinski definition) is 2. The van der Waals surface area contributed by atoms with Crippen molar-refractivity contribution in [2.75, 3.05) is 11.1 Å². The molecule has 0 radical (unpaired) electrons. The van der Waals surface area contributed by atoms with Crippen LogP contribution >= 0.6 is 11.6 Å². The number of nitrogens with two attached hydrogens (primary N) is 1. The van der Waals surface area contributed by atoms with Crippen molar-refractivity contribution in [1.29, 1.82) is 0 Å². The van der Waals surface area contributed by atoms with E-state index in [4.69, 9.17) is 22.1 Å². The molecule has 2 aromatic carbocycles. The number of halogens is 1. The summed E-state index contributed by atoms with van der Waals surface area (Å²) in [5.41, 5.74) is 7.84. The Labute approximate surface area is 115 Å². The Morgan fingerprint density at radius 2 is 2.05 bits per heavy atom. The van der Waals surface area contributed by atoms with E-state index in [9.17, 15) is 4.79 Å². The highest BCUT2D eigenvalue weighted by atomic mass is 35.5. The highest BCUT2D eigenvalue weighted by Crippen LogP contribution is 2.37. The fraction of sp³-hybridized carbons (Fsp3) is 0.0714. The minimum absolute atomic E-state index is 0.0329. The van der Waals surface area contributed by atoms with Crippen molar-refractivity contribution in [1.82, 2.24) is 0 Å². The molecule has 96 valence electrons. The molecule has 0 saturated carbocycles. The van der Waals surface area contributed by atoms with E-state index in [1.807, 2.05) is 18.2 Å². The molecule has 0 aliphatic carbocycles. The first kappa shape index (κ1) is 11.9. The monoisotopic (exact) mass is 274 g/mol. The highest BCUT2D eigenvalue weighted by molar-refractivity contribution is 6.32. The molecule has 0 unspecified atom stereocenters. The lowest BCUT2D eigenvalue weighted by Gasteiger charge is -2.11. The number of rotatable bonds is 2. The summed E-state index contributed by atoms with van der Waals surface area (Å²) < 4.78 is 5.78. The van der Waals surface area contributed by atoms with Crippen molar-refractivity contribution in [3.63, 3.8) is 0 Å². The second kappa shape index (κ2) is 4.48. The Morgan fingerprint density at radius 3 is 2.84 bits per heavy atom. The lowest BCUT2D eigenvalue weighted by atomic mass is 10.1. The van der Waals surface area contributed by atoms with E-state index in [1.54, 1.807) is 18.2 Å². The number of benzene rings is 2. The van der Waals surface area contributed by atoms with Gasteiger partial charge in [-0.15, -0.1) is 0 Å². The molecule has 0 atom stereocenters. The minimum atomic E-state index is -0.0329. The zero-order chi connectivity index (χ0) is 13.4. The summed E-state index contributed by atoms with van der Waals surface area (Å²) in [4.78, 5) is 11.4. The molecule has 1 heterocycles. The van der Waals surface area contributed by atoms with Crippen LogP contribution in [0.5, 0.6) is 11.5 Å². The lowest BCUT2D eigenvalue weighted by Crippen LogP contribution is -2.03. The van der Waals surface area contributed by atoms with Gasteiger partial charge in [-0.3, -0.25) is 4.79 Å². The fourth-order valence-electron chi connectivity index (χ4n) is 2.03. The molecule has 1 amide bonds. The van der Waals surface area contributed by atoms with E-state index in [2.05, 4.69) is 5.32 Å². The van der Waals surface area contributed by atoms with Crippen LogP contribution in [0.15, 0.2) is 36.4 Å². The summed E-state index contributed by atoms with van der Waals surface area (Å²) in [6.07, 6.45) is 0.318. The van der Waals surface area contributed by atoms with Gasteiger partial charge < -0.3 is 15.8 Å². The van der Waals surface area contributed by atoms with Crippen LogP contribution in [0.25, 0.3) is 0 Å². The normalized spacial score (nSPS) is 13.0. The van der Waals surface area contributed by atoms with Gasteiger partial charge in [0.25, 0.3) is 0 Å². The molecule has 0 aromatic heterocycles. The molecule has 0 fully saturated rings. The van der Waals surface area contributed by atoms with Gasteiger partial charge in [-0.2, -0.15) is 0 Å². The Bertz CT molecular complexity index is 670. The Hall–Kier alpha value is -2.20. The van der Waals surface area contributed by atoms with Crippen LogP contribution in [0.1, 0.15) is 5.56 Å². The highest BCUT2D eigenvalue weighted by Gasteiger charge is 2.21. The standard InChI is InChI=1S/C14H11ClN2O2/c15-10-6-8(16)4-5-13(10)19-12-3-1-2-11-9(12)7-14(18)17-11/h1-6H,7,16H2,(H,17,18). The maximum absolute atomic E-state index is 11.4. The van der Waals surface area contributed by atoms with Crippen LogP contribution in [0.2, 0.25) is 5.02 Å². The van der Waals surface area contributed by atoms with Crippen molar-refractivity contribution in [3.05, 3.63) is 47.0 Å². The van der Waals surface area contributed by atoms with E-state index >= 15 is 0 Å². The van der Waals surface area contributed by atoms with Gasteiger partial charge in [0.05, 0.1) is 11.4 Å². The summed E-state index contributed by atoms with van der Waals surface area (Å²) in [5, 5.41) is 3.22. The van der Waals surface area contributed by atoms with Gasteiger partial charge in [-0.05, 0) is 30.3 Å². The molecule has 19 heavy (non-hydrogen) atoms. The number of fused-ring (bicyclic) bond motifs is 1. The molecule has 1 aliphatic heterocycles. The number of carbonyl (C=O) groups excluding carboxylic acids is 1. The van der Waals surface area contributed by atoms with E-state index < -0.39 is 0 Å². The summed E-state index contributed by atoms with van der Waals surface area (Å²) in [6.45, 7) is 0. The number of hydrogen-bond acceptors (Lipinski definition) is 3. The molecule has 3 N–H and O–H groups in total. The largest absolute Gasteiger partial charge is 0.455 e. The predicted octanol–water partition coefficient (Wildman–Crippen LogP) is 3.21. The molecular formula is C14H11ClN2O2. The van der Waals surface area contributed by atoms with Gasteiger partial charge in [0, 0.05) is 16.9 Å². The van der Waals surface area contributed by atoms with E-state index in [0.29, 0.717) is 28.6 Å². The first-order valence-corrected chi connectivity index (χ1v) is 6.16. The van der Waals surface area contributed by atoms with Crippen molar-refractivity contribution < 1.29 is 9.53 Å². The average Bonchev–Trinajstić information content (AvgIpc) is 2.74. The minimum Gasteiger partial charge on any atom is -0.455 e. The molecular weight excluding hydrogens is 264 g/mol. The van der Waals surface area contributed by atoms with Gasteiger partial charge in [-0.25, -0.2) is 0 Å². The average molecular weight is 275 g/mol. The molecule has 0 spiro atoms. The number of nitrogens with one attached hydrogen (secondary N) is 1. The molecule has 0 saturated heterocycles. The number of anilines is 2. The number of amides is 1. The topological polar surface area (TPSA) is 64.3 Å². The summed E-state index contributed by atoms with van der Waals surface area (Å²) in [6, 6.07) is 10.5. The van der Waals surface area contributed by atoms with Gasteiger partial charge in [-0.1, -0.05) is 17.7 Å². The van der Waals surface area contributed by atoms with Crippen LogP contribution in [-0.4, -0.2) is 5.91 Å². The molecule has 5 heteroatoms. The van der Waals surface area contributed by atoms with Crippen molar-refractivity contribution in [2.24, 2.45) is 0 Å². The SMILES string of the molecule is Nc1ccc(Oc2cccc3c2CC(=O)N3)c(Cl)c1. The number of carbonyl (C=O) groups is 1. The third kappa shape index (κ3) is 2.22. The van der Waals surface area contributed by atoms with Gasteiger partial charge in [0.1, 0.15) is 11.5 Å². The predicted molar refractivity (Wildman–Crippen MR) is 74.7 cm³/mol. The quantitative estimate of drug-likeness (QED) is 0.827. The van der Waals surface area contributed by atoms with Crippen molar-refractivity contribution in [2.45, 2.75) is 6.42 Å². The zero-order valence-corrected chi connectivity index (χ0v) is 10.7. The Kier molecular flexibility index (Phi) is 2.80. The molecule has 3 rings (SSSR count). The van der Waals surface area contributed by atoms with Crippen molar-refractivity contribution >= 4 is 28.9 Å².